The zero-order valence-corrected chi connectivity index (χ0v) is 17.6. The van der Waals surface area contributed by atoms with Crippen molar-refractivity contribution in [1.82, 2.24) is 9.55 Å². The zero-order chi connectivity index (χ0) is 22.5. The van der Waals surface area contributed by atoms with E-state index < -0.39 is 12.1 Å². The van der Waals surface area contributed by atoms with Crippen LogP contribution in [0.3, 0.4) is 0 Å². The fourth-order valence-electron chi connectivity index (χ4n) is 3.53. The highest BCUT2D eigenvalue weighted by Crippen LogP contribution is 2.19. The Hall–Kier alpha value is -3.97. The number of carbonyl (C=O) groups excluding carboxylic acids is 1. The van der Waals surface area contributed by atoms with Crippen molar-refractivity contribution >= 4 is 22.6 Å². The predicted molar refractivity (Wildman–Crippen MR) is 124 cm³/mol. The van der Waals surface area contributed by atoms with Crippen molar-refractivity contribution in [2.75, 3.05) is 19.0 Å². The summed E-state index contributed by atoms with van der Waals surface area (Å²) in [7, 11) is 1.33. The van der Waals surface area contributed by atoms with Crippen LogP contribution in [0, 0.1) is 0 Å². The van der Waals surface area contributed by atoms with Crippen LogP contribution >= 0.6 is 0 Å². The van der Waals surface area contributed by atoms with Crippen LogP contribution < -0.4 is 10.9 Å². The number of aliphatic hydroxyl groups is 1. The van der Waals surface area contributed by atoms with E-state index in [9.17, 15) is 14.7 Å². The maximum atomic E-state index is 13.2. The number of fused-ring (bicyclic) bond motifs is 1. The van der Waals surface area contributed by atoms with Gasteiger partial charge in [0.05, 0.1) is 36.2 Å². The third-order valence-electron chi connectivity index (χ3n) is 5.11. The van der Waals surface area contributed by atoms with E-state index in [-0.39, 0.29) is 18.6 Å². The number of anilines is 1. The van der Waals surface area contributed by atoms with Crippen LogP contribution in [-0.2, 0) is 11.3 Å². The van der Waals surface area contributed by atoms with Crippen LogP contribution in [0.25, 0.3) is 22.3 Å². The van der Waals surface area contributed by atoms with Gasteiger partial charge in [-0.2, -0.15) is 0 Å². The maximum absolute atomic E-state index is 13.2. The van der Waals surface area contributed by atoms with Gasteiger partial charge in [-0.3, -0.25) is 9.36 Å². The Labute approximate surface area is 184 Å². The number of methoxy groups -OCH3 is 1. The van der Waals surface area contributed by atoms with E-state index in [2.05, 4.69) is 5.32 Å². The number of para-hydroxylation sites is 1. The van der Waals surface area contributed by atoms with Gasteiger partial charge in [0.2, 0.25) is 0 Å². The summed E-state index contributed by atoms with van der Waals surface area (Å²) in [6, 6.07) is 23.4. The first-order valence-corrected chi connectivity index (χ1v) is 10.2. The van der Waals surface area contributed by atoms with Gasteiger partial charge in [0.25, 0.3) is 5.56 Å². The second-order valence-electron chi connectivity index (χ2n) is 7.34. The molecule has 0 radical (unpaired) electrons. The van der Waals surface area contributed by atoms with Gasteiger partial charge in [0, 0.05) is 17.8 Å². The maximum Gasteiger partial charge on any atom is 0.337 e. The van der Waals surface area contributed by atoms with Crippen LogP contribution in [-0.4, -0.2) is 40.4 Å². The van der Waals surface area contributed by atoms with Gasteiger partial charge in [0.1, 0.15) is 5.82 Å². The highest BCUT2D eigenvalue weighted by molar-refractivity contribution is 5.90. The number of rotatable bonds is 7. The minimum absolute atomic E-state index is 0.0601. The summed E-state index contributed by atoms with van der Waals surface area (Å²) in [5, 5.41) is 14.3. The Morgan fingerprint density at radius 1 is 1.06 bits per heavy atom. The smallest absolute Gasteiger partial charge is 0.337 e. The molecule has 0 aliphatic heterocycles. The molecule has 1 heterocycles. The molecule has 1 aromatic heterocycles. The van der Waals surface area contributed by atoms with E-state index in [1.54, 1.807) is 42.5 Å². The molecule has 2 N–H and O–H groups in total. The number of ether oxygens (including phenoxy) is 1. The van der Waals surface area contributed by atoms with Gasteiger partial charge < -0.3 is 15.2 Å². The van der Waals surface area contributed by atoms with Crippen LogP contribution in [0.2, 0.25) is 0 Å². The number of carbonyl (C=O) groups is 1. The van der Waals surface area contributed by atoms with Crippen molar-refractivity contribution in [3.63, 3.8) is 0 Å². The minimum atomic E-state index is -0.875. The molecule has 4 rings (SSSR count). The van der Waals surface area contributed by atoms with Crippen molar-refractivity contribution in [3.8, 4) is 11.4 Å². The Bertz CT molecular complexity index is 1300. The second kappa shape index (κ2) is 9.45. The summed E-state index contributed by atoms with van der Waals surface area (Å²) in [5.41, 5.74) is 2.27. The topological polar surface area (TPSA) is 93.4 Å². The molecule has 0 fully saturated rings. The third kappa shape index (κ3) is 4.53. The van der Waals surface area contributed by atoms with E-state index in [1.807, 2.05) is 36.4 Å². The molecule has 7 nitrogen and oxygen atoms in total. The number of aliphatic hydroxyl groups excluding tert-OH is 1. The lowest BCUT2D eigenvalue weighted by molar-refractivity contribution is 0.0601. The number of esters is 1. The molecule has 0 bridgehead atoms. The summed E-state index contributed by atoms with van der Waals surface area (Å²) in [6.07, 6.45) is -0.875. The normalized spacial score (nSPS) is 11.8. The lowest BCUT2D eigenvalue weighted by atomic mass is 10.1. The Morgan fingerprint density at radius 3 is 2.59 bits per heavy atom. The fourth-order valence-corrected chi connectivity index (χ4v) is 3.53. The van der Waals surface area contributed by atoms with Crippen molar-refractivity contribution < 1.29 is 14.6 Å². The van der Waals surface area contributed by atoms with Gasteiger partial charge >= 0.3 is 5.97 Å². The predicted octanol–water partition coefficient (Wildman–Crippen LogP) is 3.32. The summed E-state index contributed by atoms with van der Waals surface area (Å²) in [6.45, 7) is 0.239. The van der Waals surface area contributed by atoms with Gasteiger partial charge in [0.15, 0.2) is 0 Å². The van der Waals surface area contributed by atoms with Gasteiger partial charge in [-0.1, -0.05) is 48.5 Å². The SMILES string of the molecule is COC(=O)c1cccc(NCC(O)Cn2c(-c3ccccc3)nc3ccccc3c2=O)c1. The lowest BCUT2D eigenvalue weighted by Gasteiger charge is -2.18. The first-order valence-electron chi connectivity index (χ1n) is 10.2. The number of nitrogens with one attached hydrogen (secondary N) is 1. The molecule has 7 heteroatoms. The fraction of sp³-hybridized carbons (Fsp3) is 0.160. The van der Waals surface area contributed by atoms with Gasteiger partial charge in [-0.25, -0.2) is 9.78 Å². The van der Waals surface area contributed by atoms with Crippen molar-refractivity contribution in [2.45, 2.75) is 12.6 Å². The van der Waals surface area contributed by atoms with E-state index in [0.29, 0.717) is 28.0 Å². The number of hydrogen-bond donors (Lipinski definition) is 2. The summed E-state index contributed by atoms with van der Waals surface area (Å²) in [4.78, 5) is 29.6. The summed E-state index contributed by atoms with van der Waals surface area (Å²) >= 11 is 0. The van der Waals surface area contributed by atoms with Gasteiger partial charge in [-0.15, -0.1) is 0 Å². The largest absolute Gasteiger partial charge is 0.465 e. The average Bonchev–Trinajstić information content (AvgIpc) is 2.84. The highest BCUT2D eigenvalue weighted by Gasteiger charge is 2.16. The molecule has 0 aliphatic carbocycles. The zero-order valence-electron chi connectivity index (χ0n) is 17.6. The quantitative estimate of drug-likeness (QED) is 0.438. The molecular formula is C25H23N3O4. The number of nitrogens with zero attached hydrogens (tertiary/aromatic N) is 2. The Morgan fingerprint density at radius 2 is 1.81 bits per heavy atom. The third-order valence-corrected chi connectivity index (χ3v) is 5.11. The molecule has 32 heavy (non-hydrogen) atoms. The molecule has 4 aromatic rings. The van der Waals surface area contributed by atoms with Gasteiger partial charge in [-0.05, 0) is 30.3 Å². The average molecular weight is 429 g/mol. The number of hydrogen-bond acceptors (Lipinski definition) is 6. The molecule has 0 saturated heterocycles. The monoisotopic (exact) mass is 429 g/mol. The van der Waals surface area contributed by atoms with Crippen molar-refractivity contribution in [1.29, 1.82) is 0 Å². The first-order chi connectivity index (χ1) is 15.6. The lowest BCUT2D eigenvalue weighted by Crippen LogP contribution is -2.32. The molecule has 0 aliphatic rings. The standard InChI is InChI=1S/C25H23N3O4/c1-32-25(31)18-10-7-11-19(14-18)26-15-20(29)16-28-23(17-8-3-2-4-9-17)27-22-13-6-5-12-21(22)24(28)30/h2-14,20,26,29H,15-16H2,1H3. The Kier molecular flexibility index (Phi) is 6.28. The van der Waals surface area contributed by atoms with E-state index >= 15 is 0 Å². The second-order valence-corrected chi connectivity index (χ2v) is 7.34. The summed E-state index contributed by atoms with van der Waals surface area (Å²) in [5.74, 6) is 0.0662. The molecule has 0 saturated carbocycles. The van der Waals surface area contributed by atoms with E-state index in [4.69, 9.17) is 9.72 Å². The molecule has 1 atom stereocenters. The van der Waals surface area contributed by atoms with E-state index in [1.165, 1.54) is 11.7 Å². The highest BCUT2D eigenvalue weighted by atomic mass is 16.5. The van der Waals surface area contributed by atoms with Crippen molar-refractivity contribution in [3.05, 3.63) is 94.8 Å². The number of aromatic nitrogens is 2. The minimum Gasteiger partial charge on any atom is -0.465 e. The van der Waals surface area contributed by atoms with Crippen LogP contribution in [0.1, 0.15) is 10.4 Å². The number of benzene rings is 3. The van der Waals surface area contributed by atoms with Crippen molar-refractivity contribution in [2.24, 2.45) is 0 Å². The van der Waals surface area contributed by atoms with Crippen LogP contribution in [0.15, 0.2) is 83.7 Å². The molecular weight excluding hydrogens is 406 g/mol. The molecule has 0 spiro atoms. The first kappa shape index (κ1) is 21.3. The molecule has 0 amide bonds. The van der Waals surface area contributed by atoms with Crippen LogP contribution in [0.4, 0.5) is 5.69 Å². The molecule has 1 unspecified atom stereocenters. The molecule has 162 valence electrons. The summed E-state index contributed by atoms with van der Waals surface area (Å²) < 4.78 is 6.25. The Balaban J connectivity index is 1.60. The molecule has 3 aromatic carbocycles. The van der Waals surface area contributed by atoms with E-state index in [0.717, 1.165) is 5.56 Å². The van der Waals surface area contributed by atoms with Crippen LogP contribution in [0.5, 0.6) is 0 Å².